The molecular formula is C15H17NO3S2. The van der Waals surface area contributed by atoms with Crippen LogP contribution in [0.2, 0.25) is 0 Å². The van der Waals surface area contributed by atoms with E-state index in [0.717, 1.165) is 0 Å². The molecule has 1 amide bonds. The molecule has 1 aromatic carbocycles. The molecule has 0 radical (unpaired) electrons. The normalized spacial score (nSPS) is 22.7. The minimum atomic E-state index is -0.809. The molecule has 21 heavy (non-hydrogen) atoms. The van der Waals surface area contributed by atoms with Crippen LogP contribution >= 0.6 is 23.5 Å². The highest BCUT2D eigenvalue weighted by atomic mass is 32.2. The summed E-state index contributed by atoms with van der Waals surface area (Å²) < 4.78 is 0.484. The average Bonchev–Trinajstić information content (AvgIpc) is 3.18. The molecule has 1 atom stereocenters. The maximum Gasteiger partial charge on any atom is 0.308 e. The van der Waals surface area contributed by atoms with Crippen LogP contribution in [0.25, 0.3) is 0 Å². The molecule has 2 aliphatic rings. The Hall–Kier alpha value is -1.14. The van der Waals surface area contributed by atoms with E-state index in [4.69, 9.17) is 5.11 Å². The number of hydrogen-bond donors (Lipinski definition) is 1. The van der Waals surface area contributed by atoms with E-state index in [0.29, 0.717) is 29.7 Å². The molecule has 2 fully saturated rings. The number of benzene rings is 1. The number of carboxylic acids is 1. The van der Waals surface area contributed by atoms with E-state index in [1.807, 2.05) is 47.8 Å². The van der Waals surface area contributed by atoms with Crippen molar-refractivity contribution in [2.45, 2.75) is 11.0 Å². The molecule has 1 N–H and O–H groups in total. The minimum Gasteiger partial charge on any atom is -0.481 e. The molecule has 0 spiro atoms. The van der Waals surface area contributed by atoms with Crippen LogP contribution in [-0.2, 0) is 4.79 Å². The van der Waals surface area contributed by atoms with Gasteiger partial charge in [0.1, 0.15) is 0 Å². The highest BCUT2D eigenvalue weighted by molar-refractivity contribution is 8.19. The summed E-state index contributed by atoms with van der Waals surface area (Å²) in [6.45, 7) is 0.857. The van der Waals surface area contributed by atoms with Gasteiger partial charge >= 0.3 is 5.97 Å². The maximum absolute atomic E-state index is 12.4. The van der Waals surface area contributed by atoms with Gasteiger partial charge < -0.3 is 10.0 Å². The Morgan fingerprint density at radius 3 is 2.38 bits per heavy atom. The van der Waals surface area contributed by atoms with Crippen LogP contribution < -0.4 is 0 Å². The van der Waals surface area contributed by atoms with Crippen LogP contribution in [0.5, 0.6) is 0 Å². The number of carbonyl (C=O) groups is 2. The zero-order valence-electron chi connectivity index (χ0n) is 11.5. The Kier molecular flexibility index (Phi) is 4.45. The summed E-state index contributed by atoms with van der Waals surface area (Å²) in [5, 5.41) is 9.00. The van der Waals surface area contributed by atoms with Gasteiger partial charge in [-0.25, -0.2) is 0 Å². The molecule has 6 heteroatoms. The van der Waals surface area contributed by atoms with Crippen LogP contribution in [-0.4, -0.2) is 46.5 Å². The highest BCUT2D eigenvalue weighted by Crippen LogP contribution is 2.45. The van der Waals surface area contributed by atoms with Gasteiger partial charge in [-0.05, 0) is 24.1 Å². The summed E-state index contributed by atoms with van der Waals surface area (Å²) in [6, 6.07) is 7.78. The SMILES string of the molecule is O=C(O)C1CCN(C(=O)c2ccc(C3SCCS3)cc2)C1. The molecule has 0 aliphatic carbocycles. The van der Waals surface area contributed by atoms with Crippen LogP contribution in [0.1, 0.15) is 26.9 Å². The number of thioether (sulfide) groups is 2. The highest BCUT2D eigenvalue weighted by Gasteiger charge is 2.31. The number of carbonyl (C=O) groups excluding carboxylic acids is 1. The lowest BCUT2D eigenvalue weighted by Gasteiger charge is -2.16. The van der Waals surface area contributed by atoms with E-state index in [2.05, 4.69) is 0 Å². The van der Waals surface area contributed by atoms with Crippen LogP contribution in [0.15, 0.2) is 24.3 Å². The lowest BCUT2D eigenvalue weighted by Crippen LogP contribution is -2.29. The lowest BCUT2D eigenvalue weighted by molar-refractivity contribution is -0.141. The van der Waals surface area contributed by atoms with Crippen molar-refractivity contribution in [1.29, 1.82) is 0 Å². The fourth-order valence-electron chi connectivity index (χ4n) is 2.66. The summed E-state index contributed by atoms with van der Waals surface area (Å²) in [5.74, 6) is 1.08. The third-order valence-corrected chi connectivity index (χ3v) is 6.98. The second-order valence-electron chi connectivity index (χ2n) is 5.27. The molecule has 2 aliphatic heterocycles. The quantitative estimate of drug-likeness (QED) is 0.927. The zero-order valence-corrected chi connectivity index (χ0v) is 13.2. The van der Waals surface area contributed by atoms with Gasteiger partial charge in [-0.15, -0.1) is 23.5 Å². The molecule has 0 saturated carbocycles. The summed E-state index contributed by atoms with van der Waals surface area (Å²) in [5.41, 5.74) is 1.90. The van der Waals surface area contributed by atoms with Gasteiger partial charge in [0.05, 0.1) is 10.5 Å². The van der Waals surface area contributed by atoms with Gasteiger partial charge in [0.25, 0.3) is 5.91 Å². The Morgan fingerprint density at radius 1 is 1.14 bits per heavy atom. The molecule has 2 heterocycles. The second-order valence-corrected chi connectivity index (χ2v) is 7.99. The van der Waals surface area contributed by atoms with Gasteiger partial charge in [-0.3, -0.25) is 9.59 Å². The van der Waals surface area contributed by atoms with Crippen molar-refractivity contribution in [3.8, 4) is 0 Å². The average molecular weight is 323 g/mol. The molecule has 0 aromatic heterocycles. The van der Waals surface area contributed by atoms with Crippen molar-refractivity contribution in [3.63, 3.8) is 0 Å². The van der Waals surface area contributed by atoms with Crippen molar-refractivity contribution in [2.24, 2.45) is 5.92 Å². The minimum absolute atomic E-state index is 0.0583. The van der Waals surface area contributed by atoms with Gasteiger partial charge in [-0.1, -0.05) is 12.1 Å². The molecule has 1 aromatic rings. The third kappa shape index (κ3) is 3.21. The summed E-state index contributed by atoms with van der Waals surface area (Å²) in [6.07, 6.45) is 0.550. The monoisotopic (exact) mass is 323 g/mol. The van der Waals surface area contributed by atoms with Gasteiger partial charge in [0, 0.05) is 30.2 Å². The van der Waals surface area contributed by atoms with Crippen LogP contribution in [0.4, 0.5) is 0 Å². The molecule has 0 bridgehead atoms. The number of amides is 1. The number of aliphatic carboxylic acids is 1. The molecule has 2 saturated heterocycles. The van der Waals surface area contributed by atoms with E-state index in [-0.39, 0.29) is 5.91 Å². The van der Waals surface area contributed by atoms with Gasteiger partial charge in [0.2, 0.25) is 0 Å². The fourth-order valence-corrected chi connectivity index (χ4v) is 5.52. The predicted octanol–water partition coefficient (Wildman–Crippen LogP) is 2.71. The van der Waals surface area contributed by atoms with Crippen molar-refractivity contribution in [3.05, 3.63) is 35.4 Å². The van der Waals surface area contributed by atoms with Crippen LogP contribution in [0.3, 0.4) is 0 Å². The van der Waals surface area contributed by atoms with E-state index >= 15 is 0 Å². The number of likely N-dealkylation sites (tertiary alicyclic amines) is 1. The van der Waals surface area contributed by atoms with Crippen LogP contribution in [0, 0.1) is 5.92 Å². The topological polar surface area (TPSA) is 57.6 Å². The predicted molar refractivity (Wildman–Crippen MR) is 85.7 cm³/mol. The Morgan fingerprint density at radius 2 is 1.81 bits per heavy atom. The van der Waals surface area contributed by atoms with Crippen molar-refractivity contribution in [1.82, 2.24) is 4.90 Å². The summed E-state index contributed by atoms with van der Waals surface area (Å²) >= 11 is 3.88. The summed E-state index contributed by atoms with van der Waals surface area (Å²) in [4.78, 5) is 25.0. The Labute approximate surface area is 132 Å². The fraction of sp³-hybridized carbons (Fsp3) is 0.467. The summed E-state index contributed by atoms with van der Waals surface area (Å²) in [7, 11) is 0. The molecule has 3 rings (SSSR count). The van der Waals surface area contributed by atoms with Crippen molar-refractivity contribution in [2.75, 3.05) is 24.6 Å². The van der Waals surface area contributed by atoms with Crippen molar-refractivity contribution < 1.29 is 14.7 Å². The van der Waals surface area contributed by atoms with Gasteiger partial charge in [0.15, 0.2) is 0 Å². The first-order valence-electron chi connectivity index (χ1n) is 7.00. The standard InChI is InChI=1S/C15H17NO3S2/c17-13(16-6-5-12(9-16)14(18)19)10-1-3-11(4-2-10)15-20-7-8-21-15/h1-4,12,15H,5-9H2,(H,18,19). The smallest absolute Gasteiger partial charge is 0.308 e. The second kappa shape index (κ2) is 6.32. The first kappa shape index (κ1) is 14.8. The number of hydrogen-bond acceptors (Lipinski definition) is 4. The first-order chi connectivity index (χ1) is 10.1. The molecule has 112 valence electrons. The van der Waals surface area contributed by atoms with Gasteiger partial charge in [-0.2, -0.15) is 0 Å². The van der Waals surface area contributed by atoms with Crippen molar-refractivity contribution >= 4 is 35.4 Å². The van der Waals surface area contributed by atoms with E-state index in [1.54, 1.807) is 4.90 Å². The Balaban J connectivity index is 1.66. The maximum atomic E-state index is 12.4. The first-order valence-corrected chi connectivity index (χ1v) is 9.10. The number of carboxylic acid groups (broad SMARTS) is 1. The third-order valence-electron chi connectivity index (χ3n) is 3.88. The molecular weight excluding hydrogens is 306 g/mol. The lowest BCUT2D eigenvalue weighted by atomic mass is 10.1. The molecule has 1 unspecified atom stereocenters. The largest absolute Gasteiger partial charge is 0.481 e. The molecule has 4 nitrogen and oxygen atoms in total. The zero-order chi connectivity index (χ0) is 14.8. The van der Waals surface area contributed by atoms with E-state index in [1.165, 1.54) is 17.1 Å². The number of nitrogens with zero attached hydrogens (tertiary/aromatic N) is 1. The van der Waals surface area contributed by atoms with E-state index < -0.39 is 11.9 Å². The number of rotatable bonds is 3. The van der Waals surface area contributed by atoms with E-state index in [9.17, 15) is 9.59 Å². The Bertz CT molecular complexity index is 540.